The van der Waals surface area contributed by atoms with Crippen molar-refractivity contribution >= 4 is 56.5 Å². The molecular weight excluding hydrogens is 698 g/mol. The lowest BCUT2D eigenvalue weighted by molar-refractivity contribution is -0.140. The van der Waals surface area contributed by atoms with Crippen LogP contribution in [0.5, 0.6) is 0 Å². The maximum atomic E-state index is 13.9. The Balaban J connectivity index is 1.87. The quantitative estimate of drug-likeness (QED) is 0.109. The van der Waals surface area contributed by atoms with Crippen molar-refractivity contribution in [3.63, 3.8) is 0 Å². The van der Waals surface area contributed by atoms with Gasteiger partial charge in [-0.1, -0.05) is 74.5 Å². The fraction of sp³-hybridized carbons (Fsp3) is 0.343. The predicted molar refractivity (Wildman–Crippen MR) is 188 cm³/mol. The highest BCUT2D eigenvalue weighted by atomic mass is 32.2. The van der Waals surface area contributed by atoms with Gasteiger partial charge in [-0.05, 0) is 23.6 Å². The zero-order valence-electron chi connectivity index (χ0n) is 28.6. The number of hydrogen-bond acceptors (Lipinski definition) is 10. The summed E-state index contributed by atoms with van der Waals surface area (Å²) in [4.78, 5) is 81.0. The largest absolute Gasteiger partial charge is 0.481 e. The number of carbonyl (C=O) groups excluding carboxylic acids is 4. The average Bonchev–Trinajstić information content (AvgIpc) is 3.07. The molecule has 1 heterocycles. The second kappa shape index (κ2) is 19.0. The molecule has 278 valence electrons. The third-order valence-electron chi connectivity index (χ3n) is 7.43. The van der Waals surface area contributed by atoms with Crippen molar-refractivity contribution < 1.29 is 52.1 Å². The molecule has 17 heteroatoms. The lowest BCUT2D eigenvalue weighted by atomic mass is 10.0. The molecule has 0 saturated carbocycles. The van der Waals surface area contributed by atoms with E-state index in [2.05, 4.69) is 26.3 Å². The molecule has 2 aromatic carbocycles. The smallest absolute Gasteiger partial charge is 0.408 e. The summed E-state index contributed by atoms with van der Waals surface area (Å²) >= 11 is 0. The first kappa shape index (κ1) is 40.6. The van der Waals surface area contributed by atoms with Gasteiger partial charge in [-0.2, -0.15) is 0 Å². The maximum absolute atomic E-state index is 13.9. The van der Waals surface area contributed by atoms with E-state index in [1.807, 2.05) is 12.1 Å². The minimum absolute atomic E-state index is 0.164. The van der Waals surface area contributed by atoms with Gasteiger partial charge in [0.25, 0.3) is 0 Å². The van der Waals surface area contributed by atoms with Crippen molar-refractivity contribution in [1.82, 2.24) is 26.3 Å². The van der Waals surface area contributed by atoms with Gasteiger partial charge in [0.15, 0.2) is 9.84 Å². The second-order valence-electron chi connectivity index (χ2n) is 12.2. The summed E-state index contributed by atoms with van der Waals surface area (Å²) in [6.45, 7) is 3.02. The number of pyridine rings is 1. The van der Waals surface area contributed by atoms with Gasteiger partial charge in [0.2, 0.25) is 17.7 Å². The summed E-state index contributed by atoms with van der Waals surface area (Å²) in [7, 11) is -3.66. The molecule has 0 saturated heterocycles. The van der Waals surface area contributed by atoms with Crippen molar-refractivity contribution in [3.05, 3.63) is 89.5 Å². The van der Waals surface area contributed by atoms with E-state index in [1.54, 1.807) is 68.4 Å². The monoisotopic (exact) mass is 739 g/mol. The van der Waals surface area contributed by atoms with Gasteiger partial charge in [-0.25, -0.2) is 13.2 Å². The molecule has 52 heavy (non-hydrogen) atoms. The van der Waals surface area contributed by atoms with Crippen LogP contribution in [0.25, 0.3) is 10.9 Å². The molecule has 4 atom stereocenters. The number of fused-ring (bicyclic) bond motifs is 1. The van der Waals surface area contributed by atoms with Crippen LogP contribution in [0.2, 0.25) is 0 Å². The SMILES string of the molecule is CC(C)[C@H](NC(=O)[C@H](Cc1ccc2ccccc2n1)NC(=O)[C@H](CC(=O)O)NC(=O)OCc1ccccc1)C(=O)NC(/C=C/S(C)(=O)=O)CC(=O)O. The first-order valence-electron chi connectivity index (χ1n) is 16.1. The first-order chi connectivity index (χ1) is 24.5. The normalized spacial score (nSPS) is 13.8. The first-order valence-corrected chi connectivity index (χ1v) is 18.0. The predicted octanol–water partition coefficient (Wildman–Crippen LogP) is 1.69. The lowest BCUT2D eigenvalue weighted by Crippen LogP contribution is -2.59. The van der Waals surface area contributed by atoms with E-state index in [1.165, 1.54) is 0 Å². The van der Waals surface area contributed by atoms with E-state index in [4.69, 9.17) is 4.74 Å². The number of sulfone groups is 1. The molecule has 1 aromatic heterocycles. The summed E-state index contributed by atoms with van der Waals surface area (Å²) in [6.07, 6.45) is -0.934. The Kier molecular flexibility index (Phi) is 14.8. The molecule has 0 radical (unpaired) electrons. The molecule has 3 rings (SSSR count). The topological polar surface area (TPSA) is 247 Å². The molecule has 1 unspecified atom stereocenters. The summed E-state index contributed by atoms with van der Waals surface area (Å²) in [5.74, 6) is -6.12. The van der Waals surface area contributed by atoms with Crippen LogP contribution in [-0.2, 0) is 51.6 Å². The number of hydrogen-bond donors (Lipinski definition) is 6. The van der Waals surface area contributed by atoms with Gasteiger partial charge in [-0.15, -0.1) is 0 Å². The van der Waals surface area contributed by atoms with E-state index < -0.39 is 88.5 Å². The average molecular weight is 740 g/mol. The Morgan fingerprint density at radius 3 is 2.04 bits per heavy atom. The Morgan fingerprint density at radius 2 is 1.40 bits per heavy atom. The van der Waals surface area contributed by atoms with Crippen LogP contribution in [-0.4, -0.2) is 89.8 Å². The molecular formula is C35H41N5O11S. The molecule has 0 aliphatic carbocycles. The van der Waals surface area contributed by atoms with Crippen molar-refractivity contribution in [1.29, 1.82) is 0 Å². The van der Waals surface area contributed by atoms with Crippen LogP contribution in [0.15, 0.2) is 78.2 Å². The van der Waals surface area contributed by atoms with E-state index in [0.29, 0.717) is 16.8 Å². The molecule has 16 nitrogen and oxygen atoms in total. The molecule has 0 fully saturated rings. The van der Waals surface area contributed by atoms with Gasteiger partial charge in [0, 0.05) is 29.2 Å². The van der Waals surface area contributed by atoms with Crippen LogP contribution in [0.4, 0.5) is 4.79 Å². The molecule has 0 aliphatic heterocycles. The van der Waals surface area contributed by atoms with Crippen molar-refractivity contribution in [2.75, 3.05) is 6.26 Å². The number of nitrogens with zero attached hydrogens (tertiary/aromatic N) is 1. The number of alkyl carbamates (subject to hydrolysis) is 1. The van der Waals surface area contributed by atoms with Crippen molar-refractivity contribution in [3.8, 4) is 0 Å². The Labute approximate surface area is 299 Å². The third-order valence-corrected chi connectivity index (χ3v) is 8.08. The van der Waals surface area contributed by atoms with Crippen LogP contribution in [0, 0.1) is 5.92 Å². The summed E-state index contributed by atoms with van der Waals surface area (Å²) in [6, 6.07) is 13.4. The van der Waals surface area contributed by atoms with Crippen molar-refractivity contribution in [2.24, 2.45) is 5.92 Å². The number of ether oxygens (including phenoxy) is 1. The Bertz CT molecular complexity index is 1900. The second-order valence-corrected chi connectivity index (χ2v) is 14.1. The molecule has 6 N–H and O–H groups in total. The number of carbonyl (C=O) groups is 6. The highest BCUT2D eigenvalue weighted by molar-refractivity contribution is 7.93. The van der Waals surface area contributed by atoms with Crippen LogP contribution >= 0.6 is 0 Å². The third kappa shape index (κ3) is 13.8. The number of carboxylic acid groups (broad SMARTS) is 2. The molecule has 0 spiro atoms. The molecule has 0 aliphatic rings. The number of para-hydroxylation sites is 1. The van der Waals surface area contributed by atoms with Gasteiger partial charge in [0.05, 0.1) is 24.4 Å². The highest BCUT2D eigenvalue weighted by Gasteiger charge is 2.33. The number of rotatable bonds is 18. The Hall–Kier alpha value is -5.84. The van der Waals surface area contributed by atoms with Crippen LogP contribution < -0.4 is 21.3 Å². The number of benzene rings is 2. The minimum atomic E-state index is -3.66. The van der Waals surface area contributed by atoms with E-state index >= 15 is 0 Å². The van der Waals surface area contributed by atoms with Gasteiger partial charge < -0.3 is 36.2 Å². The zero-order valence-corrected chi connectivity index (χ0v) is 29.5. The maximum Gasteiger partial charge on any atom is 0.408 e. The highest BCUT2D eigenvalue weighted by Crippen LogP contribution is 2.14. The Morgan fingerprint density at radius 1 is 0.769 bits per heavy atom. The number of carboxylic acids is 2. The van der Waals surface area contributed by atoms with Crippen LogP contribution in [0.1, 0.15) is 37.9 Å². The van der Waals surface area contributed by atoms with E-state index in [9.17, 15) is 47.4 Å². The van der Waals surface area contributed by atoms with Crippen molar-refractivity contribution in [2.45, 2.75) is 63.9 Å². The fourth-order valence-electron chi connectivity index (χ4n) is 4.86. The minimum Gasteiger partial charge on any atom is -0.481 e. The van der Waals surface area contributed by atoms with Gasteiger partial charge in [-0.3, -0.25) is 29.0 Å². The summed E-state index contributed by atoms with van der Waals surface area (Å²) in [5.41, 5.74) is 1.58. The number of amides is 4. The molecule has 3 aromatic rings. The summed E-state index contributed by atoms with van der Waals surface area (Å²) in [5, 5.41) is 30.0. The number of nitrogens with one attached hydrogen (secondary N) is 4. The lowest BCUT2D eigenvalue weighted by Gasteiger charge is -2.27. The zero-order chi connectivity index (χ0) is 38.4. The standard InChI is InChI=1S/C35H41N5O11S/c1-21(2)31(34(47)37-25(18-29(41)42)15-16-52(3,49)50)40-33(46)27(17-24-14-13-23-11-7-8-12-26(23)36-24)38-32(45)28(19-30(43)44)39-35(48)51-20-22-9-5-4-6-10-22/h4-16,21,25,27-28,31H,17-20H2,1-3H3,(H,37,47)(H,38,45)(H,39,48)(H,40,46)(H,41,42)(H,43,44)/b16-15+/t25?,27-,28-,31-/m0/s1. The number of aromatic nitrogens is 1. The molecule has 0 bridgehead atoms. The van der Waals surface area contributed by atoms with Crippen LogP contribution in [0.3, 0.4) is 0 Å². The van der Waals surface area contributed by atoms with E-state index in [0.717, 1.165) is 23.1 Å². The fourth-order valence-corrected chi connectivity index (χ4v) is 5.33. The van der Waals surface area contributed by atoms with E-state index in [-0.39, 0.29) is 13.0 Å². The molecule has 4 amide bonds. The number of aliphatic carboxylic acids is 2. The van der Waals surface area contributed by atoms with Gasteiger partial charge in [0.1, 0.15) is 24.7 Å². The van der Waals surface area contributed by atoms with Gasteiger partial charge >= 0.3 is 18.0 Å². The summed E-state index contributed by atoms with van der Waals surface area (Å²) < 4.78 is 28.4.